The average molecular weight is 353 g/mol. The van der Waals surface area contributed by atoms with Crippen LogP contribution < -0.4 is 10.9 Å². The summed E-state index contributed by atoms with van der Waals surface area (Å²) in [5.74, 6) is -1.76. The molecule has 0 aliphatic carbocycles. The van der Waals surface area contributed by atoms with Crippen molar-refractivity contribution in [2.24, 2.45) is 0 Å². The molecule has 6 nitrogen and oxygen atoms in total. The van der Waals surface area contributed by atoms with E-state index in [4.69, 9.17) is 0 Å². The molecule has 0 aliphatic rings. The molecule has 0 heterocycles. The number of phenolic OH excluding ortho intramolecular Hbond substituents is 3. The summed E-state index contributed by atoms with van der Waals surface area (Å²) in [6.45, 7) is 0.0853. The van der Waals surface area contributed by atoms with Crippen LogP contribution in [-0.4, -0.2) is 21.2 Å². The van der Waals surface area contributed by atoms with Crippen LogP contribution >= 0.6 is 15.9 Å². The highest BCUT2D eigenvalue weighted by Gasteiger charge is 2.11. The maximum Gasteiger partial charge on any atom is 0.265 e. The first kappa shape index (κ1) is 15.1. The lowest BCUT2D eigenvalue weighted by Gasteiger charge is -2.10. The largest absolute Gasteiger partial charge is 0.504 e. The molecule has 0 radical (unpaired) electrons. The molecule has 5 N–H and O–H groups in total. The van der Waals surface area contributed by atoms with Crippen LogP contribution in [0.4, 0.5) is 0 Å². The number of carbonyl (C=O) groups excluding carboxylic acids is 1. The van der Waals surface area contributed by atoms with Gasteiger partial charge in [0.1, 0.15) is 0 Å². The van der Waals surface area contributed by atoms with Crippen molar-refractivity contribution in [3.05, 3.63) is 52.0 Å². The van der Waals surface area contributed by atoms with Gasteiger partial charge in [0, 0.05) is 22.1 Å². The van der Waals surface area contributed by atoms with Crippen molar-refractivity contribution in [1.29, 1.82) is 0 Å². The van der Waals surface area contributed by atoms with Gasteiger partial charge in [-0.2, -0.15) is 0 Å². The Labute approximate surface area is 129 Å². The summed E-state index contributed by atoms with van der Waals surface area (Å²) in [5, 5.41) is 28.2. The minimum atomic E-state index is -0.589. The Kier molecular flexibility index (Phi) is 4.66. The lowest BCUT2D eigenvalue weighted by atomic mass is 10.1. The molecule has 2 aromatic carbocycles. The standard InChI is InChI=1S/C14H13BrN2O4/c15-10-4-1-8(2-5-10)14(21)17-16-7-9-3-6-11(18)13(20)12(9)19/h1-6,16,18-20H,7H2,(H,17,21). The van der Waals surface area contributed by atoms with Crippen molar-refractivity contribution in [2.75, 3.05) is 0 Å². The highest BCUT2D eigenvalue weighted by molar-refractivity contribution is 9.10. The summed E-state index contributed by atoms with van der Waals surface area (Å²) in [7, 11) is 0. The smallest absolute Gasteiger partial charge is 0.265 e. The van der Waals surface area contributed by atoms with E-state index >= 15 is 0 Å². The van der Waals surface area contributed by atoms with Crippen LogP contribution in [0.1, 0.15) is 15.9 Å². The zero-order chi connectivity index (χ0) is 15.4. The van der Waals surface area contributed by atoms with E-state index in [-0.39, 0.29) is 12.5 Å². The molecule has 21 heavy (non-hydrogen) atoms. The number of carbonyl (C=O) groups is 1. The number of hydrogen-bond donors (Lipinski definition) is 5. The summed E-state index contributed by atoms with van der Waals surface area (Å²) >= 11 is 3.28. The molecular formula is C14H13BrN2O4. The molecule has 0 bridgehead atoms. The minimum Gasteiger partial charge on any atom is -0.504 e. The molecule has 1 amide bonds. The van der Waals surface area contributed by atoms with Crippen LogP contribution in [0.3, 0.4) is 0 Å². The fourth-order valence-electron chi connectivity index (χ4n) is 1.65. The van der Waals surface area contributed by atoms with Crippen molar-refractivity contribution in [3.8, 4) is 17.2 Å². The molecule has 2 rings (SSSR count). The van der Waals surface area contributed by atoms with Gasteiger partial charge in [-0.1, -0.05) is 22.0 Å². The van der Waals surface area contributed by atoms with Crippen LogP contribution in [0.25, 0.3) is 0 Å². The van der Waals surface area contributed by atoms with Crippen molar-refractivity contribution < 1.29 is 20.1 Å². The van der Waals surface area contributed by atoms with Gasteiger partial charge in [-0.25, -0.2) is 5.43 Å². The molecule has 0 aliphatic heterocycles. The Morgan fingerprint density at radius 2 is 1.67 bits per heavy atom. The van der Waals surface area contributed by atoms with Crippen LogP contribution in [-0.2, 0) is 6.54 Å². The Morgan fingerprint density at radius 3 is 2.33 bits per heavy atom. The fourth-order valence-corrected chi connectivity index (χ4v) is 1.91. The Morgan fingerprint density at radius 1 is 1.00 bits per heavy atom. The van der Waals surface area contributed by atoms with E-state index in [1.165, 1.54) is 12.1 Å². The van der Waals surface area contributed by atoms with Gasteiger partial charge in [-0.3, -0.25) is 10.2 Å². The number of halogens is 1. The second-order valence-corrected chi connectivity index (χ2v) is 5.17. The van der Waals surface area contributed by atoms with Crippen LogP contribution in [0.2, 0.25) is 0 Å². The summed E-state index contributed by atoms with van der Waals surface area (Å²) in [6.07, 6.45) is 0. The van der Waals surface area contributed by atoms with Crippen LogP contribution in [0.5, 0.6) is 17.2 Å². The topological polar surface area (TPSA) is 102 Å². The van der Waals surface area contributed by atoms with E-state index in [2.05, 4.69) is 26.8 Å². The molecule has 0 spiro atoms. The first-order valence-corrected chi connectivity index (χ1v) is 6.80. The van der Waals surface area contributed by atoms with E-state index in [9.17, 15) is 20.1 Å². The van der Waals surface area contributed by atoms with E-state index < -0.39 is 17.2 Å². The third-order valence-corrected chi connectivity index (χ3v) is 3.33. The van der Waals surface area contributed by atoms with E-state index in [1.54, 1.807) is 24.3 Å². The Hall–Kier alpha value is -2.25. The molecular weight excluding hydrogens is 340 g/mol. The lowest BCUT2D eigenvalue weighted by Crippen LogP contribution is -2.36. The number of rotatable bonds is 4. The first-order chi connectivity index (χ1) is 9.99. The number of nitrogens with one attached hydrogen (secondary N) is 2. The number of aromatic hydroxyl groups is 3. The van der Waals surface area contributed by atoms with Gasteiger partial charge in [0.05, 0.1) is 0 Å². The van der Waals surface area contributed by atoms with Gasteiger partial charge in [0.25, 0.3) is 5.91 Å². The third-order valence-electron chi connectivity index (χ3n) is 2.80. The van der Waals surface area contributed by atoms with Gasteiger partial charge >= 0.3 is 0 Å². The maximum atomic E-state index is 11.8. The highest BCUT2D eigenvalue weighted by atomic mass is 79.9. The highest BCUT2D eigenvalue weighted by Crippen LogP contribution is 2.36. The van der Waals surface area contributed by atoms with E-state index in [0.29, 0.717) is 11.1 Å². The van der Waals surface area contributed by atoms with Crippen molar-refractivity contribution >= 4 is 21.8 Å². The number of hydrogen-bond acceptors (Lipinski definition) is 5. The summed E-state index contributed by atoms with van der Waals surface area (Å²) in [5.41, 5.74) is 5.92. The lowest BCUT2D eigenvalue weighted by molar-refractivity contribution is 0.0932. The van der Waals surface area contributed by atoms with Crippen molar-refractivity contribution in [1.82, 2.24) is 10.9 Å². The third kappa shape index (κ3) is 3.65. The zero-order valence-corrected chi connectivity index (χ0v) is 12.4. The predicted octanol–water partition coefficient (Wildman–Crippen LogP) is 2.00. The molecule has 0 atom stereocenters. The molecule has 110 valence electrons. The monoisotopic (exact) mass is 352 g/mol. The quantitative estimate of drug-likeness (QED) is 0.428. The number of benzene rings is 2. The summed E-state index contributed by atoms with van der Waals surface area (Å²) in [6, 6.07) is 9.50. The molecule has 7 heteroatoms. The van der Waals surface area contributed by atoms with Crippen LogP contribution in [0, 0.1) is 0 Å². The average Bonchev–Trinajstić information content (AvgIpc) is 2.48. The molecule has 0 aromatic heterocycles. The summed E-state index contributed by atoms with van der Waals surface area (Å²) in [4.78, 5) is 11.8. The number of hydrazine groups is 1. The summed E-state index contributed by atoms with van der Waals surface area (Å²) < 4.78 is 0.872. The molecule has 0 saturated heterocycles. The second-order valence-electron chi connectivity index (χ2n) is 4.26. The zero-order valence-electron chi connectivity index (χ0n) is 10.8. The van der Waals surface area contributed by atoms with E-state index in [1.807, 2.05) is 0 Å². The van der Waals surface area contributed by atoms with Gasteiger partial charge < -0.3 is 15.3 Å². The van der Waals surface area contributed by atoms with Gasteiger partial charge in [0.15, 0.2) is 11.5 Å². The van der Waals surface area contributed by atoms with Gasteiger partial charge in [0.2, 0.25) is 5.75 Å². The minimum absolute atomic E-state index is 0.0853. The Balaban J connectivity index is 1.94. The number of amides is 1. The van der Waals surface area contributed by atoms with Crippen molar-refractivity contribution in [3.63, 3.8) is 0 Å². The molecule has 2 aromatic rings. The first-order valence-electron chi connectivity index (χ1n) is 6.00. The SMILES string of the molecule is O=C(NNCc1ccc(O)c(O)c1O)c1ccc(Br)cc1. The predicted molar refractivity (Wildman–Crippen MR) is 79.9 cm³/mol. The normalized spacial score (nSPS) is 10.3. The van der Waals surface area contributed by atoms with E-state index in [0.717, 1.165) is 4.47 Å². The fraction of sp³-hybridized carbons (Fsp3) is 0.0714. The maximum absolute atomic E-state index is 11.8. The molecule has 0 saturated carbocycles. The van der Waals surface area contributed by atoms with Crippen molar-refractivity contribution in [2.45, 2.75) is 6.54 Å². The Bertz CT molecular complexity index is 659. The van der Waals surface area contributed by atoms with Crippen LogP contribution in [0.15, 0.2) is 40.9 Å². The van der Waals surface area contributed by atoms with Gasteiger partial charge in [-0.15, -0.1) is 0 Å². The molecule has 0 unspecified atom stereocenters. The van der Waals surface area contributed by atoms with Gasteiger partial charge in [-0.05, 0) is 30.3 Å². The number of phenols is 3. The second kappa shape index (κ2) is 6.47. The molecule has 0 fully saturated rings.